The third-order valence-corrected chi connectivity index (χ3v) is 2.93. The van der Waals surface area contributed by atoms with E-state index in [0.29, 0.717) is 12.4 Å². The first-order valence-electron chi connectivity index (χ1n) is 6.37. The first kappa shape index (κ1) is 14.3. The topological polar surface area (TPSA) is 56.3 Å². The van der Waals surface area contributed by atoms with Crippen LogP contribution in [0.1, 0.15) is 11.4 Å². The van der Waals surface area contributed by atoms with E-state index in [1.165, 1.54) is 0 Å². The Balaban J connectivity index is 2.56. The number of hydrogen-bond donors (Lipinski definition) is 1. The van der Waals surface area contributed by atoms with E-state index in [1.807, 2.05) is 32.2 Å². The van der Waals surface area contributed by atoms with Crippen LogP contribution in [0.4, 0.5) is 5.82 Å². The Bertz CT molecular complexity index is 600. The molecule has 5 nitrogen and oxygen atoms in total. The summed E-state index contributed by atoms with van der Waals surface area (Å²) in [5.41, 5.74) is 2.92. The van der Waals surface area contributed by atoms with Crippen molar-refractivity contribution >= 4 is 5.82 Å². The quantitative estimate of drug-likeness (QED) is 0.907. The van der Waals surface area contributed by atoms with Crippen molar-refractivity contribution in [2.75, 3.05) is 26.6 Å². The molecule has 0 aliphatic heterocycles. The first-order valence-corrected chi connectivity index (χ1v) is 6.37. The van der Waals surface area contributed by atoms with Crippen LogP contribution in [0.5, 0.6) is 5.75 Å². The minimum absolute atomic E-state index is 0.372. The molecule has 0 aliphatic carbocycles. The van der Waals surface area contributed by atoms with Gasteiger partial charge in [-0.2, -0.15) is 0 Å². The van der Waals surface area contributed by atoms with E-state index in [2.05, 4.69) is 21.4 Å². The number of ether oxygens (including phenoxy) is 2. The van der Waals surface area contributed by atoms with Crippen LogP contribution in [0, 0.1) is 6.92 Å². The van der Waals surface area contributed by atoms with Gasteiger partial charge in [-0.3, -0.25) is 0 Å². The lowest BCUT2D eigenvalue weighted by Gasteiger charge is -2.11. The number of nitrogens with one attached hydrogen (secondary N) is 1. The molecular weight excluding hydrogens is 254 g/mol. The van der Waals surface area contributed by atoms with Crippen molar-refractivity contribution in [3.05, 3.63) is 35.7 Å². The van der Waals surface area contributed by atoms with Gasteiger partial charge in [0, 0.05) is 25.8 Å². The lowest BCUT2D eigenvalue weighted by molar-refractivity contribution is 0.178. The Morgan fingerprint density at radius 3 is 2.60 bits per heavy atom. The van der Waals surface area contributed by atoms with Crippen molar-refractivity contribution in [3.8, 4) is 17.0 Å². The van der Waals surface area contributed by atoms with Crippen LogP contribution < -0.4 is 10.1 Å². The largest absolute Gasteiger partial charge is 0.496 e. The van der Waals surface area contributed by atoms with Gasteiger partial charge in [0.05, 0.1) is 12.8 Å². The highest BCUT2D eigenvalue weighted by atomic mass is 16.5. The Morgan fingerprint density at radius 2 is 1.95 bits per heavy atom. The standard InChI is InChI=1S/C15H19N3O2/c1-10-5-6-13(20-4)11(7-10)12-8-14(16-2)18-15(17-12)9-19-3/h5-8H,9H2,1-4H3,(H,16,17,18). The van der Waals surface area contributed by atoms with Crippen LogP contribution in [0.3, 0.4) is 0 Å². The number of nitrogens with zero attached hydrogens (tertiary/aromatic N) is 2. The summed E-state index contributed by atoms with van der Waals surface area (Å²) >= 11 is 0. The van der Waals surface area contributed by atoms with Crippen molar-refractivity contribution in [1.29, 1.82) is 0 Å². The summed E-state index contributed by atoms with van der Waals surface area (Å²) in [6.45, 7) is 2.41. The van der Waals surface area contributed by atoms with E-state index in [-0.39, 0.29) is 0 Å². The van der Waals surface area contributed by atoms with Gasteiger partial charge in [-0.1, -0.05) is 11.6 Å². The zero-order chi connectivity index (χ0) is 14.5. The van der Waals surface area contributed by atoms with Crippen molar-refractivity contribution in [1.82, 2.24) is 9.97 Å². The average molecular weight is 273 g/mol. The molecule has 1 N–H and O–H groups in total. The van der Waals surface area contributed by atoms with Crippen molar-refractivity contribution in [3.63, 3.8) is 0 Å². The molecule has 20 heavy (non-hydrogen) atoms. The summed E-state index contributed by atoms with van der Waals surface area (Å²) in [6.07, 6.45) is 0. The molecule has 106 valence electrons. The van der Waals surface area contributed by atoms with E-state index in [9.17, 15) is 0 Å². The Labute approximate surface area is 119 Å². The molecule has 2 aromatic rings. The number of benzene rings is 1. The molecule has 0 radical (unpaired) electrons. The highest BCUT2D eigenvalue weighted by Crippen LogP contribution is 2.30. The third-order valence-electron chi connectivity index (χ3n) is 2.93. The van der Waals surface area contributed by atoms with Gasteiger partial charge in [0.1, 0.15) is 18.2 Å². The van der Waals surface area contributed by atoms with Crippen LogP contribution in [0.15, 0.2) is 24.3 Å². The zero-order valence-corrected chi connectivity index (χ0v) is 12.2. The van der Waals surface area contributed by atoms with Crippen LogP contribution in [-0.4, -0.2) is 31.2 Å². The molecule has 1 heterocycles. The number of aromatic nitrogens is 2. The monoisotopic (exact) mass is 273 g/mol. The second-order valence-corrected chi connectivity index (χ2v) is 4.44. The second-order valence-electron chi connectivity index (χ2n) is 4.44. The normalized spacial score (nSPS) is 10.4. The molecule has 0 atom stereocenters. The summed E-state index contributed by atoms with van der Waals surface area (Å²) in [6, 6.07) is 7.91. The number of methoxy groups -OCH3 is 2. The molecule has 0 aliphatic rings. The lowest BCUT2D eigenvalue weighted by atomic mass is 10.1. The number of hydrogen-bond acceptors (Lipinski definition) is 5. The molecule has 0 fully saturated rings. The molecule has 0 saturated heterocycles. The van der Waals surface area contributed by atoms with Crippen LogP contribution >= 0.6 is 0 Å². The maximum atomic E-state index is 5.42. The molecule has 0 amide bonds. The average Bonchev–Trinajstić information content (AvgIpc) is 2.47. The van der Waals surface area contributed by atoms with E-state index in [0.717, 1.165) is 28.4 Å². The molecule has 0 bridgehead atoms. The molecule has 1 aromatic carbocycles. The van der Waals surface area contributed by atoms with Gasteiger partial charge in [0.25, 0.3) is 0 Å². The molecule has 0 spiro atoms. The van der Waals surface area contributed by atoms with Crippen LogP contribution in [-0.2, 0) is 11.3 Å². The highest BCUT2D eigenvalue weighted by molar-refractivity contribution is 5.70. The van der Waals surface area contributed by atoms with Gasteiger partial charge in [0.2, 0.25) is 0 Å². The Hall–Kier alpha value is -2.14. The fourth-order valence-corrected chi connectivity index (χ4v) is 1.98. The lowest BCUT2D eigenvalue weighted by Crippen LogP contribution is -2.03. The molecule has 2 rings (SSSR count). The first-order chi connectivity index (χ1) is 9.67. The van der Waals surface area contributed by atoms with Crippen molar-refractivity contribution < 1.29 is 9.47 Å². The maximum Gasteiger partial charge on any atom is 0.157 e. The molecular formula is C15H19N3O2. The molecule has 1 aromatic heterocycles. The van der Waals surface area contributed by atoms with Crippen LogP contribution in [0.25, 0.3) is 11.3 Å². The second kappa shape index (κ2) is 6.34. The van der Waals surface area contributed by atoms with Gasteiger partial charge in [0.15, 0.2) is 5.82 Å². The molecule has 0 saturated carbocycles. The maximum absolute atomic E-state index is 5.42. The third kappa shape index (κ3) is 3.05. The van der Waals surface area contributed by atoms with Crippen LogP contribution in [0.2, 0.25) is 0 Å². The van der Waals surface area contributed by atoms with Crippen molar-refractivity contribution in [2.45, 2.75) is 13.5 Å². The smallest absolute Gasteiger partial charge is 0.157 e. The van der Waals surface area contributed by atoms with E-state index >= 15 is 0 Å². The van der Waals surface area contributed by atoms with E-state index in [1.54, 1.807) is 14.2 Å². The minimum atomic E-state index is 0.372. The van der Waals surface area contributed by atoms with E-state index < -0.39 is 0 Å². The van der Waals surface area contributed by atoms with Gasteiger partial charge < -0.3 is 14.8 Å². The fraction of sp³-hybridized carbons (Fsp3) is 0.333. The minimum Gasteiger partial charge on any atom is -0.496 e. The molecule has 5 heteroatoms. The number of aryl methyl sites for hydroxylation is 1. The highest BCUT2D eigenvalue weighted by Gasteiger charge is 2.11. The van der Waals surface area contributed by atoms with Gasteiger partial charge >= 0.3 is 0 Å². The molecule has 0 unspecified atom stereocenters. The van der Waals surface area contributed by atoms with Gasteiger partial charge in [-0.15, -0.1) is 0 Å². The van der Waals surface area contributed by atoms with E-state index in [4.69, 9.17) is 9.47 Å². The van der Waals surface area contributed by atoms with Gasteiger partial charge in [-0.05, 0) is 19.1 Å². The SMILES string of the molecule is CNc1cc(-c2cc(C)ccc2OC)nc(COC)n1. The Kier molecular flexibility index (Phi) is 4.53. The predicted octanol–water partition coefficient (Wildman–Crippen LogP) is 2.65. The number of anilines is 1. The number of rotatable bonds is 5. The summed E-state index contributed by atoms with van der Waals surface area (Å²) in [5, 5.41) is 3.04. The summed E-state index contributed by atoms with van der Waals surface area (Å²) < 4.78 is 10.5. The summed E-state index contributed by atoms with van der Waals surface area (Å²) in [5.74, 6) is 2.18. The fourth-order valence-electron chi connectivity index (χ4n) is 1.98. The van der Waals surface area contributed by atoms with Gasteiger partial charge in [-0.25, -0.2) is 9.97 Å². The summed E-state index contributed by atoms with van der Waals surface area (Å²) in [7, 11) is 5.11. The summed E-state index contributed by atoms with van der Waals surface area (Å²) in [4.78, 5) is 8.89. The van der Waals surface area contributed by atoms with Crippen molar-refractivity contribution in [2.24, 2.45) is 0 Å². The predicted molar refractivity (Wildman–Crippen MR) is 79.0 cm³/mol. The zero-order valence-electron chi connectivity index (χ0n) is 12.2. The Morgan fingerprint density at radius 1 is 1.15 bits per heavy atom.